The van der Waals surface area contributed by atoms with E-state index in [4.69, 9.17) is 16.3 Å². The first-order valence-corrected chi connectivity index (χ1v) is 9.32. The van der Waals surface area contributed by atoms with Crippen LogP contribution < -0.4 is 10.6 Å². The molecular weight excluding hydrogens is 382 g/mol. The highest BCUT2D eigenvalue weighted by Gasteiger charge is 2.31. The van der Waals surface area contributed by atoms with Crippen molar-refractivity contribution in [3.8, 4) is 0 Å². The van der Waals surface area contributed by atoms with E-state index in [1.807, 2.05) is 0 Å². The van der Waals surface area contributed by atoms with Crippen molar-refractivity contribution in [1.82, 2.24) is 10.2 Å². The van der Waals surface area contributed by atoms with Gasteiger partial charge in [0.2, 0.25) is 5.91 Å². The van der Waals surface area contributed by atoms with Crippen LogP contribution in [-0.2, 0) is 19.1 Å². The normalized spacial score (nSPS) is 14.5. The third kappa shape index (κ3) is 5.92. The van der Waals surface area contributed by atoms with Gasteiger partial charge in [0.15, 0.2) is 6.10 Å². The Kier molecular flexibility index (Phi) is 7.28. The van der Waals surface area contributed by atoms with Crippen LogP contribution in [0.1, 0.15) is 6.92 Å². The van der Waals surface area contributed by atoms with Gasteiger partial charge in [-0.1, -0.05) is 11.6 Å². The average Bonchev–Trinajstić information content (AvgIpc) is 3.02. The highest BCUT2D eigenvalue weighted by Crippen LogP contribution is 2.14. The fraction of sp³-hybridized carbons (Fsp3) is 0.375. The molecule has 1 aliphatic heterocycles. The number of rotatable bonds is 7. The van der Waals surface area contributed by atoms with Crippen molar-refractivity contribution < 1.29 is 23.9 Å². The van der Waals surface area contributed by atoms with E-state index in [0.717, 1.165) is 16.7 Å². The molecule has 1 saturated heterocycles. The maximum Gasteiger partial charge on any atom is 0.324 e. The number of carbonyl (C=O) groups is 4. The highest BCUT2D eigenvalue weighted by atomic mass is 35.5. The third-order valence-corrected chi connectivity index (χ3v) is 4.52. The standard InChI is InChI=1S/C16H18ClN3O5S/c1-10(15(23)20-7-6-18-16(20)24)25-14(22)9-26-8-13(21)19-12-4-2-11(17)3-5-12/h2-5,10H,6-9H2,1H3,(H,18,24)(H,19,21)/t10-/m1/s1. The summed E-state index contributed by atoms with van der Waals surface area (Å²) in [5.74, 6) is -1.51. The topological polar surface area (TPSA) is 105 Å². The molecule has 2 N–H and O–H groups in total. The molecule has 140 valence electrons. The van der Waals surface area contributed by atoms with Crippen molar-refractivity contribution in [1.29, 1.82) is 0 Å². The number of hydrogen-bond donors (Lipinski definition) is 2. The van der Waals surface area contributed by atoms with Crippen LogP contribution in [-0.4, -0.2) is 59.4 Å². The minimum atomic E-state index is -1.06. The third-order valence-electron chi connectivity index (χ3n) is 3.36. The van der Waals surface area contributed by atoms with Gasteiger partial charge in [-0.15, -0.1) is 11.8 Å². The second-order valence-corrected chi connectivity index (χ2v) is 6.82. The molecule has 0 aromatic heterocycles. The quantitative estimate of drug-likeness (QED) is 0.673. The van der Waals surface area contributed by atoms with E-state index in [1.165, 1.54) is 6.92 Å². The Labute approximate surface area is 159 Å². The SMILES string of the molecule is C[C@@H](OC(=O)CSCC(=O)Nc1ccc(Cl)cc1)C(=O)N1CCNC1=O. The molecule has 0 spiro atoms. The molecule has 1 aliphatic rings. The van der Waals surface area contributed by atoms with Crippen molar-refractivity contribution in [3.63, 3.8) is 0 Å². The van der Waals surface area contributed by atoms with Crippen molar-refractivity contribution in [2.24, 2.45) is 0 Å². The van der Waals surface area contributed by atoms with Gasteiger partial charge in [-0.25, -0.2) is 4.79 Å². The van der Waals surface area contributed by atoms with E-state index in [9.17, 15) is 19.2 Å². The van der Waals surface area contributed by atoms with E-state index in [2.05, 4.69) is 10.6 Å². The van der Waals surface area contributed by atoms with E-state index in [0.29, 0.717) is 17.3 Å². The van der Waals surface area contributed by atoms with E-state index < -0.39 is 24.0 Å². The minimum Gasteiger partial charge on any atom is -0.452 e. The molecule has 0 saturated carbocycles. The number of esters is 1. The lowest BCUT2D eigenvalue weighted by molar-refractivity contribution is -0.155. The summed E-state index contributed by atoms with van der Waals surface area (Å²) in [6.07, 6.45) is -1.06. The zero-order chi connectivity index (χ0) is 19.1. The van der Waals surface area contributed by atoms with Gasteiger partial charge < -0.3 is 15.4 Å². The van der Waals surface area contributed by atoms with Crippen molar-refractivity contribution in [2.75, 3.05) is 29.9 Å². The van der Waals surface area contributed by atoms with Crippen LogP contribution in [0.15, 0.2) is 24.3 Å². The van der Waals surface area contributed by atoms with Crippen molar-refractivity contribution in [3.05, 3.63) is 29.3 Å². The maximum absolute atomic E-state index is 12.0. The summed E-state index contributed by atoms with van der Waals surface area (Å²) in [6.45, 7) is 2.03. The van der Waals surface area contributed by atoms with Crippen molar-refractivity contribution in [2.45, 2.75) is 13.0 Å². The highest BCUT2D eigenvalue weighted by molar-refractivity contribution is 8.00. The zero-order valence-electron chi connectivity index (χ0n) is 14.0. The van der Waals surface area contributed by atoms with Gasteiger partial charge in [-0.2, -0.15) is 0 Å². The number of benzene rings is 1. The summed E-state index contributed by atoms with van der Waals surface area (Å²) in [7, 11) is 0. The lowest BCUT2D eigenvalue weighted by Crippen LogP contribution is -2.42. The predicted octanol–water partition coefficient (Wildman–Crippen LogP) is 1.50. The number of ether oxygens (including phenoxy) is 1. The summed E-state index contributed by atoms with van der Waals surface area (Å²) in [5.41, 5.74) is 0.602. The van der Waals surface area contributed by atoms with Crippen LogP contribution in [0.3, 0.4) is 0 Å². The number of nitrogens with zero attached hydrogens (tertiary/aromatic N) is 1. The number of thioether (sulfide) groups is 1. The molecule has 10 heteroatoms. The summed E-state index contributed by atoms with van der Waals surface area (Å²) < 4.78 is 5.01. The van der Waals surface area contributed by atoms with E-state index in [-0.39, 0.29) is 24.0 Å². The minimum absolute atomic E-state index is 0.0502. The molecule has 0 unspecified atom stereocenters. The first kappa shape index (κ1) is 20.1. The molecule has 4 amide bonds. The Hall–Kier alpha value is -2.26. The van der Waals surface area contributed by atoms with Crippen LogP contribution in [0, 0.1) is 0 Å². The summed E-state index contributed by atoms with van der Waals surface area (Å²) >= 11 is 6.82. The number of urea groups is 1. The average molecular weight is 400 g/mol. The largest absolute Gasteiger partial charge is 0.452 e. The second-order valence-electron chi connectivity index (χ2n) is 5.40. The summed E-state index contributed by atoms with van der Waals surface area (Å²) in [5, 5.41) is 5.73. The monoisotopic (exact) mass is 399 g/mol. The molecule has 1 aromatic rings. The molecular formula is C16H18ClN3O5S. The second kappa shape index (κ2) is 9.44. The number of imide groups is 1. The van der Waals surface area contributed by atoms with Crippen LogP contribution in [0.5, 0.6) is 0 Å². The Morgan fingerprint density at radius 1 is 1.31 bits per heavy atom. The van der Waals surface area contributed by atoms with Crippen LogP contribution in [0.2, 0.25) is 5.02 Å². The van der Waals surface area contributed by atoms with Gasteiger partial charge in [0.1, 0.15) is 0 Å². The molecule has 0 bridgehead atoms. The molecule has 26 heavy (non-hydrogen) atoms. The van der Waals surface area contributed by atoms with E-state index >= 15 is 0 Å². The molecule has 1 aromatic carbocycles. The van der Waals surface area contributed by atoms with Crippen LogP contribution >= 0.6 is 23.4 Å². The van der Waals surface area contributed by atoms with Gasteiger partial charge in [0.05, 0.1) is 11.5 Å². The number of nitrogens with one attached hydrogen (secondary N) is 2. The molecule has 8 nitrogen and oxygen atoms in total. The molecule has 1 fully saturated rings. The number of amides is 4. The maximum atomic E-state index is 12.0. The number of halogens is 1. The van der Waals surface area contributed by atoms with Gasteiger partial charge in [-0.3, -0.25) is 19.3 Å². The first-order valence-electron chi connectivity index (χ1n) is 7.78. The van der Waals surface area contributed by atoms with Gasteiger partial charge in [0, 0.05) is 23.8 Å². The Bertz CT molecular complexity index is 698. The van der Waals surface area contributed by atoms with Crippen LogP contribution in [0.25, 0.3) is 0 Å². The molecule has 0 aliphatic carbocycles. The molecule has 1 heterocycles. The lowest BCUT2D eigenvalue weighted by Gasteiger charge is -2.18. The smallest absolute Gasteiger partial charge is 0.324 e. The number of carbonyl (C=O) groups excluding carboxylic acids is 4. The Morgan fingerprint density at radius 2 is 2.00 bits per heavy atom. The van der Waals surface area contributed by atoms with Gasteiger partial charge in [0.25, 0.3) is 5.91 Å². The van der Waals surface area contributed by atoms with Gasteiger partial charge >= 0.3 is 12.0 Å². The molecule has 0 radical (unpaired) electrons. The fourth-order valence-corrected chi connectivity index (χ4v) is 2.86. The predicted molar refractivity (Wildman–Crippen MR) is 98.1 cm³/mol. The number of anilines is 1. The fourth-order valence-electron chi connectivity index (χ4n) is 2.14. The van der Waals surface area contributed by atoms with Crippen molar-refractivity contribution >= 4 is 52.9 Å². The number of hydrogen-bond acceptors (Lipinski definition) is 6. The Morgan fingerprint density at radius 3 is 2.62 bits per heavy atom. The zero-order valence-corrected chi connectivity index (χ0v) is 15.6. The Balaban J connectivity index is 1.67. The molecule has 1 atom stereocenters. The van der Waals surface area contributed by atoms with Gasteiger partial charge in [-0.05, 0) is 31.2 Å². The van der Waals surface area contributed by atoms with Crippen LogP contribution in [0.4, 0.5) is 10.5 Å². The molecule has 2 rings (SSSR count). The summed E-state index contributed by atoms with van der Waals surface area (Å²) in [6, 6.07) is 6.15. The van der Waals surface area contributed by atoms with E-state index in [1.54, 1.807) is 24.3 Å². The summed E-state index contributed by atoms with van der Waals surface area (Å²) in [4.78, 5) is 48.0. The lowest BCUT2D eigenvalue weighted by atomic mass is 10.3. The first-order chi connectivity index (χ1) is 12.4.